The zero-order valence-corrected chi connectivity index (χ0v) is 59.7. The van der Waals surface area contributed by atoms with Crippen LogP contribution in [0, 0.1) is 0 Å². The molecule has 0 fully saturated rings. The van der Waals surface area contributed by atoms with Crippen LogP contribution in [-0.2, 0) is 14.3 Å². The predicted molar refractivity (Wildman–Crippen MR) is 389 cm³/mol. The smallest absolute Gasteiger partial charge is 0.305 e. The number of hydrogen-bond donors (Lipinski definition) is 3. The predicted octanol–water partition coefficient (Wildman–Crippen LogP) is 26.6. The van der Waals surface area contributed by atoms with Crippen molar-refractivity contribution in [3.8, 4) is 0 Å². The second kappa shape index (κ2) is 77.5. The van der Waals surface area contributed by atoms with Gasteiger partial charge in [0.2, 0.25) is 5.91 Å². The maximum atomic E-state index is 12.5. The van der Waals surface area contributed by atoms with E-state index < -0.39 is 12.1 Å². The van der Waals surface area contributed by atoms with Gasteiger partial charge in [-0.15, -0.1) is 0 Å². The van der Waals surface area contributed by atoms with E-state index in [2.05, 4.69) is 43.5 Å². The van der Waals surface area contributed by atoms with E-state index in [9.17, 15) is 19.8 Å². The molecule has 0 spiro atoms. The molecule has 2 atom stereocenters. The highest BCUT2D eigenvalue weighted by Crippen LogP contribution is 2.20. The van der Waals surface area contributed by atoms with Gasteiger partial charge < -0.3 is 20.3 Å². The number of ether oxygens (including phenoxy) is 1. The van der Waals surface area contributed by atoms with Crippen LogP contribution in [0.2, 0.25) is 0 Å². The van der Waals surface area contributed by atoms with E-state index in [1.54, 1.807) is 6.08 Å². The van der Waals surface area contributed by atoms with Crippen molar-refractivity contribution in [3.63, 3.8) is 0 Å². The van der Waals surface area contributed by atoms with Gasteiger partial charge in [-0.25, -0.2) is 0 Å². The molecule has 0 radical (unpaired) electrons. The zero-order valence-electron chi connectivity index (χ0n) is 59.7. The van der Waals surface area contributed by atoms with Crippen molar-refractivity contribution >= 4 is 11.9 Å². The number of carbonyl (C=O) groups is 2. The van der Waals surface area contributed by atoms with Crippen LogP contribution in [0.15, 0.2) is 36.5 Å². The van der Waals surface area contributed by atoms with Crippen molar-refractivity contribution in [2.24, 2.45) is 0 Å². The lowest BCUT2D eigenvalue weighted by Crippen LogP contribution is -2.45. The Morgan fingerprint density at radius 2 is 0.568 bits per heavy atom. The first-order chi connectivity index (χ1) is 43.5. The Morgan fingerprint density at radius 1 is 0.318 bits per heavy atom. The third kappa shape index (κ3) is 73.1. The van der Waals surface area contributed by atoms with Crippen molar-refractivity contribution in [1.29, 1.82) is 0 Å². The minimum atomic E-state index is -0.841. The fraction of sp³-hybridized carbons (Fsp3) is 0.902. The summed E-state index contributed by atoms with van der Waals surface area (Å²) in [6.45, 7) is 4.92. The number of allylic oxidation sites excluding steroid dienone is 5. The van der Waals surface area contributed by atoms with E-state index in [0.717, 1.165) is 51.4 Å². The molecule has 6 nitrogen and oxygen atoms in total. The van der Waals surface area contributed by atoms with Crippen molar-refractivity contribution in [2.45, 2.75) is 463 Å². The van der Waals surface area contributed by atoms with E-state index in [0.29, 0.717) is 19.4 Å². The van der Waals surface area contributed by atoms with Crippen molar-refractivity contribution < 1.29 is 24.5 Å². The minimum Gasteiger partial charge on any atom is -0.466 e. The summed E-state index contributed by atoms with van der Waals surface area (Å²) in [6.07, 6.45) is 101. The first kappa shape index (κ1) is 86.1. The molecule has 0 aliphatic carbocycles. The molecule has 0 aliphatic heterocycles. The van der Waals surface area contributed by atoms with Gasteiger partial charge in [0.15, 0.2) is 0 Å². The average molecular weight is 1240 g/mol. The van der Waals surface area contributed by atoms with Crippen LogP contribution in [0.4, 0.5) is 0 Å². The quantitative estimate of drug-likeness (QED) is 0.0320. The monoisotopic (exact) mass is 1240 g/mol. The molecule has 0 aromatic heterocycles. The van der Waals surface area contributed by atoms with Crippen molar-refractivity contribution in [2.75, 3.05) is 13.2 Å². The van der Waals surface area contributed by atoms with E-state index in [1.807, 2.05) is 6.08 Å². The summed E-state index contributed by atoms with van der Waals surface area (Å²) in [5.74, 6) is -0.0432. The highest BCUT2D eigenvalue weighted by molar-refractivity contribution is 5.76. The number of hydrogen-bond acceptors (Lipinski definition) is 5. The summed E-state index contributed by atoms with van der Waals surface area (Å²) in [5, 5.41) is 23.3. The molecular weight excluding hydrogens is 1080 g/mol. The van der Waals surface area contributed by atoms with Gasteiger partial charge in [-0.3, -0.25) is 9.59 Å². The molecule has 0 rings (SSSR count). The van der Waals surface area contributed by atoms with E-state index in [4.69, 9.17) is 4.74 Å². The zero-order chi connectivity index (χ0) is 63.5. The summed E-state index contributed by atoms with van der Waals surface area (Å²) in [4.78, 5) is 24.6. The van der Waals surface area contributed by atoms with E-state index >= 15 is 0 Å². The summed E-state index contributed by atoms with van der Waals surface area (Å²) < 4.78 is 5.51. The van der Waals surface area contributed by atoms with Gasteiger partial charge in [-0.05, 0) is 64.2 Å². The molecule has 520 valence electrons. The highest BCUT2D eigenvalue weighted by Gasteiger charge is 2.18. The fourth-order valence-corrected chi connectivity index (χ4v) is 12.8. The summed E-state index contributed by atoms with van der Waals surface area (Å²) in [5.41, 5.74) is 0. The number of rotatable bonds is 76. The molecule has 3 N–H and O–H groups in total. The van der Waals surface area contributed by atoms with Gasteiger partial charge in [0.1, 0.15) is 0 Å². The highest BCUT2D eigenvalue weighted by atomic mass is 16.5. The van der Waals surface area contributed by atoms with Gasteiger partial charge in [0, 0.05) is 12.8 Å². The molecule has 6 heteroatoms. The topological polar surface area (TPSA) is 95.9 Å². The maximum absolute atomic E-state index is 12.5. The minimum absolute atomic E-state index is 0.0153. The Kier molecular flexibility index (Phi) is 75.8. The second-order valence-corrected chi connectivity index (χ2v) is 27.8. The van der Waals surface area contributed by atoms with Crippen molar-refractivity contribution in [1.82, 2.24) is 5.32 Å². The molecule has 2 unspecified atom stereocenters. The third-order valence-electron chi connectivity index (χ3n) is 18.9. The largest absolute Gasteiger partial charge is 0.466 e. The lowest BCUT2D eigenvalue weighted by atomic mass is 10.0. The number of esters is 1. The lowest BCUT2D eigenvalue weighted by Gasteiger charge is -2.20. The first-order valence-corrected chi connectivity index (χ1v) is 40.3. The SMILES string of the molecule is CCCCC/C=C\C/C=C\CCCCCCCCCC(=O)OCCCCCCCCCCCCCCCCCCCCCCCCCCCCCCCCCCCCCC(=O)NC(CO)C(O)/C=C/CCCCCCCCCCCCCCCCCCC. The summed E-state index contributed by atoms with van der Waals surface area (Å²) in [7, 11) is 0. The van der Waals surface area contributed by atoms with Crippen molar-refractivity contribution in [3.05, 3.63) is 36.5 Å². The van der Waals surface area contributed by atoms with Crippen LogP contribution in [0.3, 0.4) is 0 Å². The van der Waals surface area contributed by atoms with Crippen LogP contribution in [0.1, 0.15) is 450 Å². The molecule has 0 bridgehead atoms. The Morgan fingerprint density at radius 3 is 0.886 bits per heavy atom. The van der Waals surface area contributed by atoms with Gasteiger partial charge >= 0.3 is 5.97 Å². The number of aliphatic hydroxyl groups excluding tert-OH is 2. The van der Waals surface area contributed by atoms with Crippen LogP contribution < -0.4 is 5.32 Å². The van der Waals surface area contributed by atoms with Crippen LogP contribution in [0.25, 0.3) is 0 Å². The average Bonchev–Trinajstić information content (AvgIpc) is 3.58. The summed E-state index contributed by atoms with van der Waals surface area (Å²) >= 11 is 0. The number of nitrogens with one attached hydrogen (secondary N) is 1. The van der Waals surface area contributed by atoms with Crippen LogP contribution in [-0.4, -0.2) is 47.4 Å². The molecule has 0 aliphatic rings. The Labute approximate surface area is 551 Å². The second-order valence-electron chi connectivity index (χ2n) is 27.8. The molecule has 0 heterocycles. The number of carbonyl (C=O) groups excluding carboxylic acids is 2. The van der Waals surface area contributed by atoms with E-state index in [-0.39, 0.29) is 18.5 Å². The first-order valence-electron chi connectivity index (χ1n) is 40.3. The fourth-order valence-electron chi connectivity index (χ4n) is 12.8. The molecule has 1 amide bonds. The Balaban J connectivity index is 3.33. The van der Waals surface area contributed by atoms with Crippen LogP contribution in [0.5, 0.6) is 0 Å². The lowest BCUT2D eigenvalue weighted by molar-refractivity contribution is -0.143. The Bertz CT molecular complexity index is 1430. The normalized spacial score (nSPS) is 12.6. The van der Waals surface area contributed by atoms with Gasteiger partial charge in [-0.1, -0.05) is 410 Å². The van der Waals surface area contributed by atoms with Gasteiger partial charge in [-0.2, -0.15) is 0 Å². The molecule has 0 saturated heterocycles. The summed E-state index contributed by atoms with van der Waals surface area (Å²) in [6, 6.07) is -0.624. The molecule has 0 saturated carbocycles. The number of unbranched alkanes of at least 4 members (excludes halogenated alkanes) is 61. The molecule has 0 aromatic rings. The number of amides is 1. The van der Waals surface area contributed by atoms with Crippen LogP contribution >= 0.6 is 0 Å². The third-order valence-corrected chi connectivity index (χ3v) is 18.9. The maximum Gasteiger partial charge on any atom is 0.305 e. The number of aliphatic hydroxyl groups is 2. The molecular formula is C82H157NO5. The van der Waals surface area contributed by atoms with Gasteiger partial charge in [0.05, 0.1) is 25.4 Å². The Hall–Kier alpha value is -1.92. The van der Waals surface area contributed by atoms with Gasteiger partial charge in [0.25, 0.3) is 0 Å². The molecule has 0 aromatic carbocycles. The molecule has 88 heavy (non-hydrogen) atoms. The standard InChI is InChI=1S/C82H157NO5/c1-3-5-7-9-11-13-15-17-19-21-39-43-46-50-54-58-62-66-70-74-80(85)79(78-84)83-81(86)75-71-67-63-59-55-51-47-44-40-37-35-33-31-29-27-25-23-22-24-26-28-30-32-34-36-38-41-45-49-53-57-61-65-69-73-77-88-82(87)76-72-68-64-60-56-52-48-42-20-18-16-14-12-10-8-6-4-2/h12,14,18,20,70,74,79-80,84-85H,3-11,13,15-17,19,21-69,71-73,75-78H2,1-2H3,(H,83,86)/b14-12-,20-18-,74-70+. The van der Waals surface area contributed by atoms with E-state index in [1.165, 1.54) is 372 Å².